The van der Waals surface area contributed by atoms with E-state index in [4.69, 9.17) is 0 Å². The van der Waals surface area contributed by atoms with Gasteiger partial charge < -0.3 is 15.1 Å². The largest absolute Gasteiger partial charge is 0.508 e. The quantitative estimate of drug-likeness (QED) is 0.335. The summed E-state index contributed by atoms with van der Waals surface area (Å²) in [5, 5.41) is 27.1. The van der Waals surface area contributed by atoms with E-state index in [1.807, 2.05) is 49.9 Å². The lowest BCUT2D eigenvalue weighted by Crippen LogP contribution is -2.48. The molecule has 4 aromatic rings. The molecule has 0 aliphatic carbocycles. The van der Waals surface area contributed by atoms with E-state index >= 15 is 4.39 Å². The van der Waals surface area contributed by atoms with Crippen molar-refractivity contribution in [3.05, 3.63) is 93.2 Å². The van der Waals surface area contributed by atoms with Crippen LogP contribution in [0.25, 0.3) is 17.1 Å². The number of aromatic nitrogens is 3. The van der Waals surface area contributed by atoms with Gasteiger partial charge in [0, 0.05) is 49.9 Å². The molecule has 5 rings (SSSR count). The maximum atomic E-state index is 15.3. The molecule has 0 atom stereocenters. The Kier molecular flexibility index (Phi) is 7.44. The number of hydrogen-bond donors (Lipinski definition) is 3. The Morgan fingerprint density at radius 1 is 1.00 bits per heavy atom. The topological polar surface area (TPSA) is 115 Å². The number of phenols is 2. The molecule has 1 aliphatic rings. The van der Waals surface area contributed by atoms with Gasteiger partial charge in [-0.2, -0.15) is 5.10 Å². The van der Waals surface area contributed by atoms with Gasteiger partial charge >= 0.3 is 5.69 Å². The van der Waals surface area contributed by atoms with Crippen LogP contribution in [0.15, 0.2) is 59.4 Å². The predicted molar refractivity (Wildman–Crippen MR) is 149 cm³/mol. The smallest absolute Gasteiger partial charge is 0.348 e. The second-order valence-corrected chi connectivity index (χ2v) is 10.5. The molecule has 0 spiro atoms. The number of H-pyrrole nitrogens is 1. The van der Waals surface area contributed by atoms with E-state index in [0.717, 1.165) is 5.56 Å². The Morgan fingerprint density at radius 2 is 1.70 bits per heavy atom. The number of amides is 1. The van der Waals surface area contributed by atoms with E-state index in [1.54, 1.807) is 18.2 Å². The lowest BCUT2D eigenvalue weighted by Gasteiger charge is -2.35. The van der Waals surface area contributed by atoms with E-state index in [-0.39, 0.29) is 40.4 Å². The van der Waals surface area contributed by atoms with Crippen molar-refractivity contribution in [2.75, 3.05) is 26.2 Å². The fraction of sp³-hybridized carbons (Fsp3) is 0.300. The molecule has 1 aliphatic heterocycles. The number of aromatic amines is 1. The molecule has 40 heavy (non-hydrogen) atoms. The maximum absolute atomic E-state index is 15.3. The lowest BCUT2D eigenvalue weighted by atomic mass is 9.98. The number of halogens is 1. The summed E-state index contributed by atoms with van der Waals surface area (Å²) >= 11 is 0. The highest BCUT2D eigenvalue weighted by Crippen LogP contribution is 2.37. The number of benzene rings is 3. The Balaban J connectivity index is 1.32. The van der Waals surface area contributed by atoms with Crippen molar-refractivity contribution in [1.29, 1.82) is 0 Å². The van der Waals surface area contributed by atoms with Gasteiger partial charge in [0.1, 0.15) is 17.3 Å². The predicted octanol–water partition coefficient (Wildman–Crippen LogP) is 4.17. The number of aromatic hydroxyl groups is 2. The molecular formula is C30H32FN5O4. The van der Waals surface area contributed by atoms with Crippen molar-refractivity contribution >= 4 is 5.91 Å². The normalized spacial score (nSPS) is 14.2. The van der Waals surface area contributed by atoms with Crippen LogP contribution in [0.4, 0.5) is 4.39 Å². The zero-order valence-electron chi connectivity index (χ0n) is 22.7. The molecule has 10 heteroatoms. The van der Waals surface area contributed by atoms with E-state index in [1.165, 1.54) is 16.7 Å². The van der Waals surface area contributed by atoms with Crippen LogP contribution in [0.5, 0.6) is 11.5 Å². The number of piperazine rings is 1. The standard InChI is InChI=1S/C30H32FN5O4/c1-18(2)23-15-24(27(38)16-26(23)37)28-32-33-30(40)36(28)22-9-8-21(25(31)14-22)17-34-10-12-35(13-11-34)29(39)20-6-4-19(3)5-7-20/h4-9,14-16,18,37-38H,10-13,17H2,1-3H3,(H,33,40). The number of nitrogens with zero attached hydrogens (tertiary/aromatic N) is 4. The molecular weight excluding hydrogens is 513 g/mol. The van der Waals surface area contributed by atoms with Gasteiger partial charge in [-0.1, -0.05) is 37.6 Å². The third kappa shape index (κ3) is 5.35. The molecule has 3 aromatic carbocycles. The fourth-order valence-electron chi connectivity index (χ4n) is 4.98. The van der Waals surface area contributed by atoms with Gasteiger partial charge in [0.25, 0.3) is 5.91 Å². The monoisotopic (exact) mass is 545 g/mol. The Labute approximate surface area is 231 Å². The first-order valence-corrected chi connectivity index (χ1v) is 13.2. The van der Waals surface area contributed by atoms with Gasteiger partial charge in [-0.25, -0.2) is 18.9 Å². The molecule has 0 saturated carbocycles. The molecule has 9 nitrogen and oxygen atoms in total. The number of rotatable bonds is 6. The molecule has 0 bridgehead atoms. The van der Waals surface area contributed by atoms with E-state index in [2.05, 4.69) is 15.1 Å². The van der Waals surface area contributed by atoms with E-state index in [0.29, 0.717) is 49.4 Å². The molecule has 1 saturated heterocycles. The number of phenolic OH excluding ortho intramolecular Hbond substituents is 2. The van der Waals surface area contributed by atoms with Crippen LogP contribution in [-0.4, -0.2) is 66.9 Å². The summed E-state index contributed by atoms with van der Waals surface area (Å²) in [5.74, 6) is -0.733. The van der Waals surface area contributed by atoms with Crippen molar-refractivity contribution < 1.29 is 19.4 Å². The summed E-state index contributed by atoms with van der Waals surface area (Å²) in [7, 11) is 0. The van der Waals surface area contributed by atoms with Gasteiger partial charge in [-0.3, -0.25) is 9.69 Å². The van der Waals surface area contributed by atoms with Crippen LogP contribution >= 0.6 is 0 Å². The minimum atomic E-state index is -0.588. The summed E-state index contributed by atoms with van der Waals surface area (Å²) in [5.41, 5.74) is 2.71. The molecule has 0 unspecified atom stereocenters. The number of hydrogen-bond acceptors (Lipinski definition) is 6. The Bertz CT molecular complexity index is 1600. The van der Waals surface area contributed by atoms with Gasteiger partial charge in [0.2, 0.25) is 0 Å². The van der Waals surface area contributed by atoms with Gasteiger partial charge in [-0.05, 0) is 48.7 Å². The summed E-state index contributed by atoms with van der Waals surface area (Å²) in [6.45, 7) is 8.46. The first-order chi connectivity index (χ1) is 19.1. The highest BCUT2D eigenvalue weighted by molar-refractivity contribution is 5.94. The first kappa shape index (κ1) is 27.1. The minimum Gasteiger partial charge on any atom is -0.508 e. The van der Waals surface area contributed by atoms with Crippen LogP contribution in [0.2, 0.25) is 0 Å². The molecule has 1 amide bonds. The second kappa shape index (κ2) is 11.0. The summed E-state index contributed by atoms with van der Waals surface area (Å²) in [6.07, 6.45) is 0. The number of aryl methyl sites for hydroxylation is 1. The third-order valence-electron chi connectivity index (χ3n) is 7.33. The van der Waals surface area contributed by atoms with Crippen LogP contribution in [0.3, 0.4) is 0 Å². The van der Waals surface area contributed by atoms with Gasteiger partial charge in [0.05, 0.1) is 11.3 Å². The average Bonchev–Trinajstić information content (AvgIpc) is 3.31. The Morgan fingerprint density at radius 3 is 2.35 bits per heavy atom. The van der Waals surface area contributed by atoms with Crippen molar-refractivity contribution in [3.8, 4) is 28.6 Å². The maximum Gasteiger partial charge on any atom is 0.348 e. The molecule has 2 heterocycles. The van der Waals surface area contributed by atoms with Gasteiger partial charge in [-0.15, -0.1) is 0 Å². The summed E-state index contributed by atoms with van der Waals surface area (Å²) in [4.78, 5) is 29.4. The van der Waals surface area contributed by atoms with Crippen molar-refractivity contribution in [2.45, 2.75) is 33.2 Å². The highest BCUT2D eigenvalue weighted by Gasteiger charge is 2.24. The first-order valence-electron chi connectivity index (χ1n) is 13.2. The number of carbonyl (C=O) groups excluding carboxylic acids is 1. The zero-order valence-corrected chi connectivity index (χ0v) is 22.7. The molecule has 1 aromatic heterocycles. The number of carbonyl (C=O) groups is 1. The third-order valence-corrected chi connectivity index (χ3v) is 7.33. The summed E-state index contributed by atoms with van der Waals surface area (Å²) in [6, 6.07) is 14.9. The number of nitrogens with one attached hydrogen (secondary N) is 1. The zero-order chi connectivity index (χ0) is 28.6. The van der Waals surface area contributed by atoms with Gasteiger partial charge in [0.15, 0.2) is 5.82 Å². The SMILES string of the molecule is Cc1ccc(C(=O)N2CCN(Cc3ccc(-n4c(-c5cc(C(C)C)c(O)cc5O)n[nH]c4=O)cc3F)CC2)cc1. The van der Waals surface area contributed by atoms with Crippen LogP contribution in [0, 0.1) is 12.7 Å². The van der Waals surface area contributed by atoms with Crippen molar-refractivity contribution in [1.82, 2.24) is 24.6 Å². The van der Waals surface area contributed by atoms with Crippen molar-refractivity contribution in [2.24, 2.45) is 0 Å². The minimum absolute atomic E-state index is 0.00304. The molecule has 208 valence electrons. The van der Waals surface area contributed by atoms with Crippen LogP contribution in [0.1, 0.15) is 46.8 Å². The Hall–Kier alpha value is -4.44. The molecule has 0 radical (unpaired) electrons. The van der Waals surface area contributed by atoms with Crippen LogP contribution in [-0.2, 0) is 6.54 Å². The van der Waals surface area contributed by atoms with Crippen LogP contribution < -0.4 is 5.69 Å². The molecule has 1 fully saturated rings. The van der Waals surface area contributed by atoms with E-state index in [9.17, 15) is 19.8 Å². The van der Waals surface area contributed by atoms with E-state index < -0.39 is 11.5 Å². The summed E-state index contributed by atoms with van der Waals surface area (Å²) < 4.78 is 16.5. The highest BCUT2D eigenvalue weighted by atomic mass is 19.1. The lowest BCUT2D eigenvalue weighted by molar-refractivity contribution is 0.0627. The average molecular weight is 546 g/mol. The second-order valence-electron chi connectivity index (χ2n) is 10.5. The van der Waals surface area contributed by atoms with Crippen molar-refractivity contribution in [3.63, 3.8) is 0 Å². The fourth-order valence-corrected chi connectivity index (χ4v) is 4.98. The molecule has 3 N–H and O–H groups in total.